The molecule has 0 unspecified atom stereocenters. The van der Waals surface area contributed by atoms with Crippen LogP contribution in [0.4, 0.5) is 9.39 Å². The summed E-state index contributed by atoms with van der Waals surface area (Å²) in [7, 11) is 3.83. The van der Waals surface area contributed by atoms with Crippen LogP contribution < -0.4 is 9.64 Å². The summed E-state index contributed by atoms with van der Waals surface area (Å²) in [4.78, 5) is 15.1. The van der Waals surface area contributed by atoms with E-state index in [2.05, 4.69) is 0 Å². The SMILES string of the molecule is CN(C)c1sc2cc(OCc3ccccc3)ccc2c1C(=O)c1ccc(F)cc1. The third kappa shape index (κ3) is 4.00. The minimum absolute atomic E-state index is 0.113. The van der Waals surface area contributed by atoms with Gasteiger partial charge >= 0.3 is 0 Å². The highest BCUT2D eigenvalue weighted by molar-refractivity contribution is 7.23. The molecule has 0 bridgehead atoms. The molecule has 0 aliphatic rings. The molecular weight excluding hydrogens is 385 g/mol. The van der Waals surface area contributed by atoms with Gasteiger partial charge in [0, 0.05) is 29.7 Å². The number of hydrogen-bond acceptors (Lipinski definition) is 4. The van der Waals surface area contributed by atoms with Crippen molar-refractivity contribution >= 4 is 32.2 Å². The normalized spacial score (nSPS) is 10.9. The molecule has 146 valence electrons. The van der Waals surface area contributed by atoms with E-state index in [1.807, 2.05) is 67.5 Å². The maximum atomic E-state index is 13.3. The number of nitrogens with zero attached hydrogens (tertiary/aromatic N) is 1. The second-order valence-electron chi connectivity index (χ2n) is 6.94. The summed E-state index contributed by atoms with van der Waals surface area (Å²) in [6.07, 6.45) is 0. The van der Waals surface area contributed by atoms with Gasteiger partial charge in [-0.3, -0.25) is 4.79 Å². The van der Waals surface area contributed by atoms with E-state index in [1.165, 1.54) is 24.3 Å². The fraction of sp³-hybridized carbons (Fsp3) is 0.125. The minimum Gasteiger partial charge on any atom is -0.489 e. The molecule has 4 rings (SSSR count). The number of fused-ring (bicyclic) bond motifs is 1. The summed E-state index contributed by atoms with van der Waals surface area (Å²) in [6, 6.07) is 21.4. The molecule has 0 amide bonds. The second kappa shape index (κ2) is 8.05. The third-order valence-electron chi connectivity index (χ3n) is 4.63. The number of benzene rings is 3. The lowest BCUT2D eigenvalue weighted by molar-refractivity contribution is 0.104. The molecule has 0 aliphatic carbocycles. The van der Waals surface area contributed by atoms with Crippen LogP contribution in [0.3, 0.4) is 0 Å². The van der Waals surface area contributed by atoms with Gasteiger partial charge in [-0.2, -0.15) is 0 Å². The lowest BCUT2D eigenvalue weighted by Crippen LogP contribution is -2.12. The predicted octanol–water partition coefficient (Wildman–Crippen LogP) is 5.92. The summed E-state index contributed by atoms with van der Waals surface area (Å²) in [6.45, 7) is 0.486. The molecule has 1 heterocycles. The molecule has 1 aromatic heterocycles. The number of thiophene rings is 1. The molecule has 0 atom stereocenters. The zero-order valence-corrected chi connectivity index (χ0v) is 17.0. The standard InChI is InChI=1S/C24H20FNO2S/c1-26(2)24-22(23(27)17-8-10-18(25)11-9-17)20-13-12-19(14-21(20)29-24)28-15-16-6-4-3-5-7-16/h3-14H,15H2,1-2H3. The molecule has 0 aliphatic heterocycles. The Morgan fingerprint density at radius 3 is 2.41 bits per heavy atom. The maximum absolute atomic E-state index is 13.3. The monoisotopic (exact) mass is 405 g/mol. The number of rotatable bonds is 6. The van der Waals surface area contributed by atoms with Crippen LogP contribution in [0.2, 0.25) is 0 Å². The van der Waals surface area contributed by atoms with E-state index in [1.54, 1.807) is 11.3 Å². The summed E-state index contributed by atoms with van der Waals surface area (Å²) >= 11 is 1.54. The van der Waals surface area contributed by atoms with E-state index in [0.29, 0.717) is 17.7 Å². The Bertz CT molecular complexity index is 1150. The lowest BCUT2D eigenvalue weighted by atomic mass is 10.0. The van der Waals surface area contributed by atoms with Crippen molar-refractivity contribution in [1.29, 1.82) is 0 Å². The molecule has 0 fully saturated rings. The Morgan fingerprint density at radius 2 is 1.72 bits per heavy atom. The minimum atomic E-state index is -0.357. The van der Waals surface area contributed by atoms with Crippen LogP contribution in [0.5, 0.6) is 5.75 Å². The Balaban J connectivity index is 1.69. The zero-order chi connectivity index (χ0) is 20.4. The number of carbonyl (C=O) groups is 1. The van der Waals surface area contributed by atoms with Gasteiger partial charge in [-0.15, -0.1) is 11.3 Å². The van der Waals surface area contributed by atoms with Crippen molar-refractivity contribution in [2.75, 3.05) is 19.0 Å². The summed E-state index contributed by atoms with van der Waals surface area (Å²) < 4.78 is 20.2. The Labute approximate surface area is 173 Å². The average molecular weight is 405 g/mol. The first kappa shape index (κ1) is 19.2. The van der Waals surface area contributed by atoms with Crippen LogP contribution in [0.15, 0.2) is 72.8 Å². The van der Waals surface area contributed by atoms with Gasteiger partial charge in [-0.1, -0.05) is 30.3 Å². The van der Waals surface area contributed by atoms with Gasteiger partial charge in [0.25, 0.3) is 0 Å². The van der Waals surface area contributed by atoms with Crippen LogP contribution in [-0.2, 0) is 6.61 Å². The maximum Gasteiger partial charge on any atom is 0.196 e. The fourth-order valence-electron chi connectivity index (χ4n) is 3.17. The predicted molar refractivity (Wildman–Crippen MR) is 117 cm³/mol. The van der Waals surface area contributed by atoms with Crippen molar-refractivity contribution in [2.24, 2.45) is 0 Å². The molecule has 0 saturated heterocycles. The largest absolute Gasteiger partial charge is 0.489 e. The van der Waals surface area contributed by atoms with Gasteiger partial charge in [0.15, 0.2) is 5.78 Å². The lowest BCUT2D eigenvalue weighted by Gasteiger charge is -2.12. The van der Waals surface area contributed by atoms with Crippen molar-refractivity contribution in [3.63, 3.8) is 0 Å². The molecule has 5 heteroatoms. The Morgan fingerprint density at radius 1 is 1.00 bits per heavy atom. The van der Waals surface area contributed by atoms with Crippen LogP contribution in [0.25, 0.3) is 10.1 Å². The molecule has 3 nitrogen and oxygen atoms in total. The van der Waals surface area contributed by atoms with E-state index >= 15 is 0 Å². The summed E-state index contributed by atoms with van der Waals surface area (Å²) in [5.41, 5.74) is 2.20. The molecule has 0 spiro atoms. The van der Waals surface area contributed by atoms with Crippen molar-refractivity contribution in [3.05, 3.63) is 95.3 Å². The number of hydrogen-bond donors (Lipinski definition) is 0. The molecule has 4 aromatic rings. The Hall–Kier alpha value is -3.18. The van der Waals surface area contributed by atoms with Crippen molar-refractivity contribution < 1.29 is 13.9 Å². The van der Waals surface area contributed by atoms with E-state index in [4.69, 9.17) is 4.74 Å². The average Bonchev–Trinajstić information content (AvgIpc) is 3.12. The first-order chi connectivity index (χ1) is 14.0. The molecule has 3 aromatic carbocycles. The fourth-order valence-corrected chi connectivity index (χ4v) is 4.33. The quantitative estimate of drug-likeness (QED) is 0.373. The number of ether oxygens (including phenoxy) is 1. The number of anilines is 1. The molecule has 0 N–H and O–H groups in total. The smallest absolute Gasteiger partial charge is 0.196 e. The summed E-state index contributed by atoms with van der Waals surface area (Å²) in [5.74, 6) is 0.288. The summed E-state index contributed by atoms with van der Waals surface area (Å²) in [5, 5.41) is 1.75. The van der Waals surface area contributed by atoms with Crippen LogP contribution in [-0.4, -0.2) is 19.9 Å². The number of ketones is 1. The topological polar surface area (TPSA) is 29.5 Å². The molecule has 29 heavy (non-hydrogen) atoms. The van der Waals surface area contributed by atoms with Crippen molar-refractivity contribution in [1.82, 2.24) is 0 Å². The van der Waals surface area contributed by atoms with Gasteiger partial charge in [0.05, 0.1) is 5.56 Å². The van der Waals surface area contributed by atoms with Gasteiger partial charge in [0.1, 0.15) is 23.2 Å². The zero-order valence-electron chi connectivity index (χ0n) is 16.2. The van der Waals surface area contributed by atoms with E-state index in [9.17, 15) is 9.18 Å². The van der Waals surface area contributed by atoms with Gasteiger partial charge in [-0.05, 0) is 48.0 Å². The van der Waals surface area contributed by atoms with Crippen LogP contribution >= 0.6 is 11.3 Å². The van der Waals surface area contributed by atoms with E-state index in [0.717, 1.165) is 26.4 Å². The first-order valence-corrected chi connectivity index (χ1v) is 10.1. The van der Waals surface area contributed by atoms with Gasteiger partial charge in [-0.25, -0.2) is 4.39 Å². The van der Waals surface area contributed by atoms with E-state index in [-0.39, 0.29) is 11.6 Å². The molecule has 0 radical (unpaired) electrons. The van der Waals surface area contributed by atoms with Crippen molar-refractivity contribution in [3.8, 4) is 5.75 Å². The van der Waals surface area contributed by atoms with Crippen molar-refractivity contribution in [2.45, 2.75) is 6.61 Å². The second-order valence-corrected chi connectivity index (χ2v) is 7.98. The first-order valence-electron chi connectivity index (χ1n) is 9.24. The highest BCUT2D eigenvalue weighted by Gasteiger charge is 2.22. The number of halogens is 1. The van der Waals surface area contributed by atoms with Crippen LogP contribution in [0.1, 0.15) is 21.5 Å². The molecule has 0 saturated carbocycles. The Kier molecular flexibility index (Phi) is 5.32. The molecular formula is C24H20FNO2S. The third-order valence-corrected chi connectivity index (χ3v) is 5.95. The van der Waals surface area contributed by atoms with Crippen LogP contribution in [0, 0.1) is 5.82 Å². The van der Waals surface area contributed by atoms with Gasteiger partial charge < -0.3 is 9.64 Å². The number of carbonyl (C=O) groups excluding carboxylic acids is 1. The highest BCUT2D eigenvalue weighted by atomic mass is 32.1. The van der Waals surface area contributed by atoms with Gasteiger partial charge in [0.2, 0.25) is 0 Å². The van der Waals surface area contributed by atoms with E-state index < -0.39 is 0 Å². The highest BCUT2D eigenvalue weighted by Crippen LogP contribution is 2.40.